The van der Waals surface area contributed by atoms with Gasteiger partial charge >= 0.3 is 0 Å². The van der Waals surface area contributed by atoms with Gasteiger partial charge in [-0.25, -0.2) is 0 Å². The predicted molar refractivity (Wildman–Crippen MR) is 64.3 cm³/mol. The Labute approximate surface area is 100 Å². The van der Waals surface area contributed by atoms with Crippen LogP contribution in [-0.4, -0.2) is 19.9 Å². The molecule has 0 saturated heterocycles. The van der Waals surface area contributed by atoms with Crippen molar-refractivity contribution >= 4 is 0 Å². The highest BCUT2D eigenvalue weighted by molar-refractivity contribution is 5.25. The summed E-state index contributed by atoms with van der Waals surface area (Å²) in [6.07, 6.45) is 1.73. The van der Waals surface area contributed by atoms with E-state index in [-0.39, 0.29) is 0 Å². The molecule has 0 unspecified atom stereocenters. The fourth-order valence-corrected chi connectivity index (χ4v) is 1.61. The quantitative estimate of drug-likeness (QED) is 0.815. The Morgan fingerprint density at radius 3 is 2.71 bits per heavy atom. The third-order valence-corrected chi connectivity index (χ3v) is 2.58. The highest BCUT2D eigenvalue weighted by Crippen LogP contribution is 2.09. The summed E-state index contributed by atoms with van der Waals surface area (Å²) in [5, 5.41) is 20.4. The number of aryl methyl sites for hydroxylation is 1. The first-order valence-electron chi connectivity index (χ1n) is 5.65. The van der Waals surface area contributed by atoms with Crippen molar-refractivity contribution in [1.82, 2.24) is 20.1 Å². The average molecular weight is 232 g/mol. The Kier molecular flexibility index (Phi) is 3.72. The normalized spacial score (nSPS) is 10.6. The van der Waals surface area contributed by atoms with Gasteiger partial charge in [0.1, 0.15) is 17.9 Å². The molecule has 90 valence electrons. The molecule has 17 heavy (non-hydrogen) atoms. The maximum absolute atomic E-state index is 9.16. The van der Waals surface area contributed by atoms with Gasteiger partial charge in [0.2, 0.25) is 0 Å². The van der Waals surface area contributed by atoms with Crippen LogP contribution in [0.4, 0.5) is 0 Å². The van der Waals surface area contributed by atoms with Gasteiger partial charge in [0, 0.05) is 13.1 Å². The van der Waals surface area contributed by atoms with E-state index >= 15 is 0 Å². The van der Waals surface area contributed by atoms with Gasteiger partial charge in [-0.3, -0.25) is 0 Å². The van der Waals surface area contributed by atoms with E-state index in [2.05, 4.69) is 22.4 Å². The summed E-state index contributed by atoms with van der Waals surface area (Å²) in [5.41, 5.74) is 1.13. The standard InChI is InChI=1S/C12H16N4O/c1-2-16-9-14-15-12(16)8-13-7-10-3-5-11(17)6-4-10/h3-6,9,13,17H,2,7-8H2,1H3. The van der Waals surface area contributed by atoms with Crippen LogP contribution in [0.25, 0.3) is 0 Å². The molecule has 1 heterocycles. The van der Waals surface area contributed by atoms with E-state index in [1.54, 1.807) is 18.5 Å². The number of hydrogen-bond donors (Lipinski definition) is 2. The third-order valence-electron chi connectivity index (χ3n) is 2.58. The minimum absolute atomic E-state index is 0.291. The van der Waals surface area contributed by atoms with Crippen LogP contribution in [0.1, 0.15) is 18.3 Å². The van der Waals surface area contributed by atoms with E-state index in [1.807, 2.05) is 16.7 Å². The second kappa shape index (κ2) is 5.45. The Hall–Kier alpha value is -1.88. The van der Waals surface area contributed by atoms with Gasteiger partial charge in [0.15, 0.2) is 0 Å². The van der Waals surface area contributed by atoms with Crippen molar-refractivity contribution in [3.05, 3.63) is 42.0 Å². The Bertz CT molecular complexity index is 464. The summed E-state index contributed by atoms with van der Waals surface area (Å²) in [4.78, 5) is 0. The Morgan fingerprint density at radius 1 is 1.24 bits per heavy atom. The molecule has 2 N–H and O–H groups in total. The van der Waals surface area contributed by atoms with Gasteiger partial charge in [0.25, 0.3) is 0 Å². The summed E-state index contributed by atoms with van der Waals surface area (Å²) < 4.78 is 2.00. The van der Waals surface area contributed by atoms with E-state index in [9.17, 15) is 0 Å². The number of aromatic nitrogens is 3. The summed E-state index contributed by atoms with van der Waals surface area (Å²) in [7, 11) is 0. The molecule has 0 aliphatic heterocycles. The maximum Gasteiger partial charge on any atom is 0.146 e. The van der Waals surface area contributed by atoms with Crippen LogP contribution < -0.4 is 5.32 Å². The number of benzene rings is 1. The predicted octanol–water partition coefficient (Wildman–Crippen LogP) is 1.29. The van der Waals surface area contributed by atoms with Crippen LogP contribution in [0.5, 0.6) is 5.75 Å². The summed E-state index contributed by atoms with van der Waals surface area (Å²) >= 11 is 0. The number of rotatable bonds is 5. The van der Waals surface area contributed by atoms with Crippen LogP contribution in [0.3, 0.4) is 0 Å². The van der Waals surface area contributed by atoms with E-state index in [1.165, 1.54) is 0 Å². The topological polar surface area (TPSA) is 63.0 Å². The number of nitrogens with zero attached hydrogens (tertiary/aromatic N) is 3. The molecule has 0 bridgehead atoms. The average Bonchev–Trinajstić information content (AvgIpc) is 2.79. The molecule has 0 aliphatic carbocycles. The highest BCUT2D eigenvalue weighted by atomic mass is 16.3. The van der Waals surface area contributed by atoms with Crippen molar-refractivity contribution in [3.63, 3.8) is 0 Å². The van der Waals surface area contributed by atoms with Gasteiger partial charge in [-0.1, -0.05) is 12.1 Å². The van der Waals surface area contributed by atoms with Crippen molar-refractivity contribution in [2.24, 2.45) is 0 Å². The molecule has 2 rings (SSSR count). The fourth-order valence-electron chi connectivity index (χ4n) is 1.61. The molecule has 0 spiro atoms. The van der Waals surface area contributed by atoms with Crippen LogP contribution in [-0.2, 0) is 19.6 Å². The monoisotopic (exact) mass is 232 g/mol. The summed E-state index contributed by atoms with van der Waals surface area (Å²) in [6.45, 7) is 4.38. The van der Waals surface area contributed by atoms with Crippen LogP contribution in [0, 0.1) is 0 Å². The number of nitrogens with one attached hydrogen (secondary N) is 1. The van der Waals surface area contributed by atoms with E-state index in [0.717, 1.165) is 24.5 Å². The lowest BCUT2D eigenvalue weighted by Crippen LogP contribution is -2.16. The molecule has 5 nitrogen and oxygen atoms in total. The zero-order valence-corrected chi connectivity index (χ0v) is 9.80. The first kappa shape index (κ1) is 11.6. The molecular formula is C12H16N4O. The lowest BCUT2D eigenvalue weighted by atomic mass is 10.2. The molecule has 0 radical (unpaired) electrons. The van der Waals surface area contributed by atoms with E-state index < -0.39 is 0 Å². The number of aromatic hydroxyl groups is 1. The molecule has 0 amide bonds. The van der Waals surface area contributed by atoms with Crippen LogP contribution in [0.15, 0.2) is 30.6 Å². The lowest BCUT2D eigenvalue weighted by molar-refractivity contribution is 0.475. The number of phenolic OH excluding ortho intramolecular Hbond substituents is 1. The van der Waals surface area contributed by atoms with E-state index in [4.69, 9.17) is 5.11 Å². The van der Waals surface area contributed by atoms with Crippen molar-refractivity contribution in [2.45, 2.75) is 26.6 Å². The largest absolute Gasteiger partial charge is 0.508 e. The number of phenols is 1. The third kappa shape index (κ3) is 3.04. The molecule has 1 aromatic carbocycles. The minimum Gasteiger partial charge on any atom is -0.508 e. The maximum atomic E-state index is 9.16. The molecule has 1 aromatic heterocycles. The van der Waals surface area contributed by atoms with Crippen LogP contribution >= 0.6 is 0 Å². The zero-order valence-electron chi connectivity index (χ0n) is 9.80. The molecule has 0 saturated carbocycles. The van der Waals surface area contributed by atoms with Gasteiger partial charge in [-0.15, -0.1) is 10.2 Å². The van der Waals surface area contributed by atoms with Crippen molar-refractivity contribution < 1.29 is 5.11 Å². The smallest absolute Gasteiger partial charge is 0.146 e. The molecule has 2 aromatic rings. The van der Waals surface area contributed by atoms with Gasteiger partial charge in [0.05, 0.1) is 6.54 Å². The second-order valence-corrected chi connectivity index (χ2v) is 3.80. The van der Waals surface area contributed by atoms with Gasteiger partial charge < -0.3 is 15.0 Å². The summed E-state index contributed by atoms with van der Waals surface area (Å²) in [6, 6.07) is 7.16. The highest BCUT2D eigenvalue weighted by Gasteiger charge is 2.01. The first-order chi connectivity index (χ1) is 8.29. The SMILES string of the molecule is CCn1cnnc1CNCc1ccc(O)cc1. The zero-order chi connectivity index (χ0) is 12.1. The van der Waals surface area contributed by atoms with E-state index in [0.29, 0.717) is 12.3 Å². The van der Waals surface area contributed by atoms with Gasteiger partial charge in [-0.05, 0) is 24.6 Å². The first-order valence-corrected chi connectivity index (χ1v) is 5.65. The minimum atomic E-state index is 0.291. The Balaban J connectivity index is 1.85. The van der Waals surface area contributed by atoms with Crippen molar-refractivity contribution in [1.29, 1.82) is 0 Å². The van der Waals surface area contributed by atoms with Crippen molar-refractivity contribution in [3.8, 4) is 5.75 Å². The van der Waals surface area contributed by atoms with Crippen LogP contribution in [0.2, 0.25) is 0 Å². The molecule has 0 aliphatic rings. The van der Waals surface area contributed by atoms with Crippen molar-refractivity contribution in [2.75, 3.05) is 0 Å². The molecule has 5 heteroatoms. The summed E-state index contributed by atoms with van der Waals surface area (Å²) in [5.74, 6) is 1.23. The number of hydrogen-bond acceptors (Lipinski definition) is 4. The Morgan fingerprint density at radius 2 is 2.00 bits per heavy atom. The fraction of sp³-hybridized carbons (Fsp3) is 0.333. The molecule has 0 atom stereocenters. The van der Waals surface area contributed by atoms with Gasteiger partial charge in [-0.2, -0.15) is 0 Å². The second-order valence-electron chi connectivity index (χ2n) is 3.80. The lowest BCUT2D eigenvalue weighted by Gasteiger charge is -2.05. The molecule has 0 fully saturated rings. The molecular weight excluding hydrogens is 216 g/mol.